The SMILES string of the molecule is COc1ccc(-c2ccc(N3CCCN(C(=O)CN(CC4CC4)S(=O)(=O)c4ccc(C)cc4)CC3)nn2)cc1. The van der Waals surface area contributed by atoms with E-state index in [9.17, 15) is 13.2 Å². The number of rotatable bonds is 9. The average molecular weight is 550 g/mol. The molecule has 10 heteroatoms. The summed E-state index contributed by atoms with van der Waals surface area (Å²) in [5.41, 5.74) is 2.73. The van der Waals surface area contributed by atoms with E-state index in [1.54, 1.807) is 36.3 Å². The Morgan fingerprint density at radius 2 is 1.69 bits per heavy atom. The number of aryl methyl sites for hydroxylation is 1. The van der Waals surface area contributed by atoms with E-state index in [2.05, 4.69) is 15.1 Å². The number of carbonyl (C=O) groups is 1. The van der Waals surface area contributed by atoms with Crippen molar-refractivity contribution in [3.05, 3.63) is 66.2 Å². The van der Waals surface area contributed by atoms with Crippen LogP contribution in [-0.4, -0.2) is 80.1 Å². The lowest BCUT2D eigenvalue weighted by Gasteiger charge is -2.27. The number of aromatic nitrogens is 2. The van der Waals surface area contributed by atoms with Crippen molar-refractivity contribution in [1.82, 2.24) is 19.4 Å². The summed E-state index contributed by atoms with van der Waals surface area (Å²) in [4.78, 5) is 17.5. The number of carbonyl (C=O) groups excluding carboxylic acids is 1. The predicted molar refractivity (Wildman–Crippen MR) is 150 cm³/mol. The van der Waals surface area contributed by atoms with Gasteiger partial charge in [0, 0.05) is 38.3 Å². The molecule has 0 spiro atoms. The predicted octanol–water partition coefficient (Wildman–Crippen LogP) is 3.60. The van der Waals surface area contributed by atoms with Gasteiger partial charge in [0.25, 0.3) is 0 Å². The number of hydrogen-bond donors (Lipinski definition) is 0. The summed E-state index contributed by atoms with van der Waals surface area (Å²) >= 11 is 0. The zero-order chi connectivity index (χ0) is 27.4. The van der Waals surface area contributed by atoms with Crippen molar-refractivity contribution in [3.63, 3.8) is 0 Å². The first-order valence-electron chi connectivity index (χ1n) is 13.4. The van der Waals surface area contributed by atoms with E-state index < -0.39 is 10.0 Å². The van der Waals surface area contributed by atoms with Gasteiger partial charge in [0.2, 0.25) is 15.9 Å². The van der Waals surface area contributed by atoms with Gasteiger partial charge in [-0.1, -0.05) is 17.7 Å². The second-order valence-corrected chi connectivity index (χ2v) is 12.2. The van der Waals surface area contributed by atoms with Gasteiger partial charge in [-0.05, 0) is 80.6 Å². The van der Waals surface area contributed by atoms with Gasteiger partial charge in [-0.15, -0.1) is 10.2 Å². The van der Waals surface area contributed by atoms with Crippen molar-refractivity contribution in [2.75, 3.05) is 51.3 Å². The summed E-state index contributed by atoms with van der Waals surface area (Å²) in [5, 5.41) is 8.86. The number of methoxy groups -OCH3 is 1. The molecule has 2 fully saturated rings. The van der Waals surface area contributed by atoms with Gasteiger partial charge < -0.3 is 14.5 Å². The summed E-state index contributed by atoms with van der Waals surface area (Å²) in [7, 11) is -2.11. The molecule has 2 aliphatic rings. The van der Waals surface area contributed by atoms with E-state index >= 15 is 0 Å². The zero-order valence-corrected chi connectivity index (χ0v) is 23.3. The van der Waals surface area contributed by atoms with E-state index in [1.165, 1.54) is 4.31 Å². The number of sulfonamides is 1. The second-order valence-electron chi connectivity index (χ2n) is 10.3. The Morgan fingerprint density at radius 3 is 2.33 bits per heavy atom. The molecule has 1 aliphatic heterocycles. The Kier molecular flexibility index (Phi) is 8.13. The van der Waals surface area contributed by atoms with Crippen LogP contribution in [0.5, 0.6) is 5.75 Å². The summed E-state index contributed by atoms with van der Waals surface area (Å²) in [5.74, 6) is 1.72. The Bertz CT molecular complexity index is 1370. The maximum absolute atomic E-state index is 13.4. The molecule has 1 saturated heterocycles. The van der Waals surface area contributed by atoms with E-state index in [4.69, 9.17) is 4.74 Å². The fourth-order valence-corrected chi connectivity index (χ4v) is 6.22. The van der Waals surface area contributed by atoms with Gasteiger partial charge in [-0.2, -0.15) is 4.31 Å². The Balaban J connectivity index is 1.22. The first-order valence-corrected chi connectivity index (χ1v) is 14.9. The number of hydrogen-bond acceptors (Lipinski definition) is 7. The molecular formula is C29H35N5O4S. The lowest BCUT2D eigenvalue weighted by molar-refractivity contribution is -0.131. The molecule has 1 saturated carbocycles. The number of amides is 1. The average Bonchev–Trinajstić information content (AvgIpc) is 3.80. The largest absolute Gasteiger partial charge is 0.497 e. The van der Waals surface area contributed by atoms with Crippen LogP contribution in [0.3, 0.4) is 0 Å². The molecule has 1 aliphatic carbocycles. The van der Waals surface area contributed by atoms with Crippen LogP contribution in [0.1, 0.15) is 24.8 Å². The van der Waals surface area contributed by atoms with Crippen LogP contribution in [0.2, 0.25) is 0 Å². The number of anilines is 1. The third-order valence-electron chi connectivity index (χ3n) is 7.34. The van der Waals surface area contributed by atoms with Gasteiger partial charge >= 0.3 is 0 Å². The first kappa shape index (κ1) is 27.1. The molecule has 0 radical (unpaired) electrons. The van der Waals surface area contributed by atoms with Crippen LogP contribution in [-0.2, 0) is 14.8 Å². The lowest BCUT2D eigenvalue weighted by Crippen LogP contribution is -2.44. The Hall–Kier alpha value is -3.50. The number of nitrogens with zero attached hydrogens (tertiary/aromatic N) is 5. The van der Waals surface area contributed by atoms with Crippen LogP contribution in [0.4, 0.5) is 5.82 Å². The molecule has 3 aromatic rings. The molecule has 1 amide bonds. The highest BCUT2D eigenvalue weighted by molar-refractivity contribution is 7.89. The minimum atomic E-state index is -3.75. The molecule has 2 heterocycles. The first-order chi connectivity index (χ1) is 18.8. The smallest absolute Gasteiger partial charge is 0.243 e. The quantitative estimate of drug-likeness (QED) is 0.402. The number of ether oxygens (including phenoxy) is 1. The molecule has 2 aromatic carbocycles. The third-order valence-corrected chi connectivity index (χ3v) is 9.16. The van der Waals surface area contributed by atoms with Crippen LogP contribution >= 0.6 is 0 Å². The van der Waals surface area contributed by atoms with Crippen molar-refractivity contribution >= 4 is 21.7 Å². The van der Waals surface area contributed by atoms with Gasteiger partial charge in [0.05, 0.1) is 24.2 Å². The summed E-state index contributed by atoms with van der Waals surface area (Å²) in [6.45, 7) is 4.60. The molecule has 0 N–H and O–H groups in total. The van der Waals surface area contributed by atoms with Crippen molar-refractivity contribution in [2.45, 2.75) is 31.1 Å². The highest BCUT2D eigenvalue weighted by Gasteiger charge is 2.34. The standard InChI is InChI=1S/C29H35N5O4S/c1-22-4-12-26(13-5-22)39(36,37)34(20-23-6-7-23)21-29(35)33-17-3-16-32(18-19-33)28-15-14-27(30-31-28)24-8-10-25(38-2)11-9-24/h4-5,8-15,23H,3,6-7,16-21H2,1-2H3. The monoisotopic (exact) mass is 549 g/mol. The van der Waals surface area contributed by atoms with Crippen molar-refractivity contribution in [2.24, 2.45) is 5.92 Å². The van der Waals surface area contributed by atoms with Gasteiger partial charge in [-0.25, -0.2) is 8.42 Å². The summed E-state index contributed by atoms with van der Waals surface area (Å²) in [6, 6.07) is 18.4. The molecule has 1 aromatic heterocycles. The molecule has 39 heavy (non-hydrogen) atoms. The summed E-state index contributed by atoms with van der Waals surface area (Å²) < 4.78 is 33.4. The molecule has 5 rings (SSSR count). The van der Waals surface area contributed by atoms with Crippen LogP contribution in [0, 0.1) is 12.8 Å². The minimum absolute atomic E-state index is 0.136. The van der Waals surface area contributed by atoms with Crippen LogP contribution in [0.25, 0.3) is 11.3 Å². The fraction of sp³-hybridized carbons (Fsp3) is 0.414. The van der Waals surface area contributed by atoms with Gasteiger partial charge in [0.15, 0.2) is 5.82 Å². The van der Waals surface area contributed by atoms with Crippen molar-refractivity contribution in [1.29, 1.82) is 0 Å². The molecule has 0 unspecified atom stereocenters. The maximum atomic E-state index is 13.4. The minimum Gasteiger partial charge on any atom is -0.497 e. The molecule has 206 valence electrons. The van der Waals surface area contributed by atoms with Crippen molar-refractivity contribution < 1.29 is 17.9 Å². The number of benzene rings is 2. The Morgan fingerprint density at radius 1 is 0.949 bits per heavy atom. The fourth-order valence-electron chi connectivity index (χ4n) is 4.75. The van der Waals surface area contributed by atoms with E-state index in [0.717, 1.165) is 54.2 Å². The highest BCUT2D eigenvalue weighted by Crippen LogP contribution is 2.32. The van der Waals surface area contributed by atoms with E-state index in [0.29, 0.717) is 32.1 Å². The maximum Gasteiger partial charge on any atom is 0.243 e. The van der Waals surface area contributed by atoms with Crippen LogP contribution in [0.15, 0.2) is 65.6 Å². The van der Waals surface area contributed by atoms with E-state index in [1.807, 2.05) is 43.3 Å². The third kappa shape index (κ3) is 6.57. The lowest BCUT2D eigenvalue weighted by atomic mass is 10.1. The van der Waals surface area contributed by atoms with Crippen molar-refractivity contribution in [3.8, 4) is 17.0 Å². The highest BCUT2D eigenvalue weighted by atomic mass is 32.2. The van der Waals surface area contributed by atoms with Gasteiger partial charge in [0.1, 0.15) is 5.75 Å². The molecular weight excluding hydrogens is 514 g/mol. The summed E-state index contributed by atoms with van der Waals surface area (Å²) in [6.07, 6.45) is 2.77. The zero-order valence-electron chi connectivity index (χ0n) is 22.5. The van der Waals surface area contributed by atoms with Gasteiger partial charge in [-0.3, -0.25) is 4.79 Å². The Labute approximate surface area is 230 Å². The molecule has 0 atom stereocenters. The second kappa shape index (κ2) is 11.7. The van der Waals surface area contributed by atoms with Crippen LogP contribution < -0.4 is 9.64 Å². The molecule has 9 nitrogen and oxygen atoms in total. The normalized spacial score (nSPS) is 16.3. The van der Waals surface area contributed by atoms with E-state index in [-0.39, 0.29) is 17.3 Å². The topological polar surface area (TPSA) is 95.9 Å². The molecule has 0 bridgehead atoms.